The van der Waals surface area contributed by atoms with Gasteiger partial charge in [-0.1, -0.05) is 11.6 Å². The number of aryl methyl sites for hydroxylation is 1. The molecule has 0 radical (unpaired) electrons. The number of piperidine rings is 1. The lowest BCUT2D eigenvalue weighted by Crippen LogP contribution is -2.38. The van der Waals surface area contributed by atoms with Crippen LogP contribution in [0.2, 0.25) is 5.02 Å². The number of rotatable bonds is 3. The Labute approximate surface area is 144 Å². The summed E-state index contributed by atoms with van der Waals surface area (Å²) >= 11 is 5.99. The Morgan fingerprint density at radius 2 is 2.04 bits per heavy atom. The molecule has 0 N–H and O–H groups in total. The summed E-state index contributed by atoms with van der Waals surface area (Å²) in [5.74, 6) is 0.588. The third-order valence-electron chi connectivity index (χ3n) is 4.07. The summed E-state index contributed by atoms with van der Waals surface area (Å²) in [5.41, 5.74) is 2.39. The van der Waals surface area contributed by atoms with Crippen LogP contribution in [0.5, 0.6) is 5.88 Å². The van der Waals surface area contributed by atoms with E-state index in [1.165, 1.54) is 0 Å². The molecule has 1 saturated heterocycles. The van der Waals surface area contributed by atoms with E-state index in [1.807, 2.05) is 19.1 Å². The van der Waals surface area contributed by atoms with Gasteiger partial charge >= 0.3 is 0 Å². The number of ether oxygens (including phenoxy) is 1. The zero-order valence-corrected chi connectivity index (χ0v) is 14.0. The molecule has 0 unspecified atom stereocenters. The number of halogens is 1. The average molecular weight is 345 g/mol. The molecule has 1 fully saturated rings. The van der Waals surface area contributed by atoms with Gasteiger partial charge in [-0.3, -0.25) is 4.98 Å². The van der Waals surface area contributed by atoms with Crippen LogP contribution >= 0.6 is 11.6 Å². The van der Waals surface area contributed by atoms with Crippen LogP contribution in [-0.4, -0.2) is 34.1 Å². The second-order valence-electron chi connectivity index (χ2n) is 5.91. The van der Waals surface area contributed by atoms with Gasteiger partial charge in [0.15, 0.2) is 5.58 Å². The SMILES string of the molecule is Cc1cncc(OC2CCN(c3nc4ccc(Cl)cc4o3)CC2)n1. The van der Waals surface area contributed by atoms with Crippen LogP contribution in [0, 0.1) is 6.92 Å². The summed E-state index contributed by atoms with van der Waals surface area (Å²) in [7, 11) is 0. The number of fused-ring (bicyclic) bond motifs is 1. The summed E-state index contributed by atoms with van der Waals surface area (Å²) < 4.78 is 11.8. The van der Waals surface area contributed by atoms with Crippen LogP contribution < -0.4 is 9.64 Å². The molecule has 124 valence electrons. The number of hydrogen-bond acceptors (Lipinski definition) is 6. The van der Waals surface area contributed by atoms with Crippen molar-refractivity contribution in [1.29, 1.82) is 0 Å². The van der Waals surface area contributed by atoms with E-state index >= 15 is 0 Å². The van der Waals surface area contributed by atoms with Gasteiger partial charge in [0.05, 0.1) is 11.9 Å². The van der Waals surface area contributed by atoms with Gasteiger partial charge in [0.25, 0.3) is 6.01 Å². The van der Waals surface area contributed by atoms with E-state index in [4.69, 9.17) is 20.8 Å². The minimum atomic E-state index is 0.135. The van der Waals surface area contributed by atoms with Crippen molar-refractivity contribution in [2.45, 2.75) is 25.9 Å². The molecule has 0 spiro atoms. The normalized spacial score (nSPS) is 15.8. The third-order valence-corrected chi connectivity index (χ3v) is 4.31. The Morgan fingerprint density at radius 1 is 1.21 bits per heavy atom. The molecule has 3 aromatic rings. The molecular formula is C17H17ClN4O2. The lowest BCUT2D eigenvalue weighted by molar-refractivity contribution is 0.161. The quantitative estimate of drug-likeness (QED) is 0.723. The van der Waals surface area contributed by atoms with Gasteiger partial charge < -0.3 is 14.1 Å². The van der Waals surface area contributed by atoms with E-state index in [1.54, 1.807) is 18.5 Å². The fourth-order valence-corrected chi connectivity index (χ4v) is 3.02. The maximum atomic E-state index is 5.99. The highest BCUT2D eigenvalue weighted by Crippen LogP contribution is 2.27. The highest BCUT2D eigenvalue weighted by atomic mass is 35.5. The van der Waals surface area contributed by atoms with Crippen LogP contribution in [0.25, 0.3) is 11.1 Å². The van der Waals surface area contributed by atoms with Crippen LogP contribution in [0.15, 0.2) is 35.0 Å². The zero-order valence-electron chi connectivity index (χ0n) is 13.3. The summed E-state index contributed by atoms with van der Waals surface area (Å²) in [6.07, 6.45) is 5.28. The van der Waals surface area contributed by atoms with E-state index in [0.29, 0.717) is 22.5 Å². The molecule has 2 aromatic heterocycles. The van der Waals surface area contributed by atoms with Crippen LogP contribution in [0.4, 0.5) is 6.01 Å². The number of aromatic nitrogens is 3. The van der Waals surface area contributed by atoms with Gasteiger partial charge in [-0.2, -0.15) is 4.98 Å². The smallest absolute Gasteiger partial charge is 0.298 e. The van der Waals surface area contributed by atoms with Crippen LogP contribution in [0.1, 0.15) is 18.5 Å². The number of hydrogen-bond donors (Lipinski definition) is 0. The number of benzene rings is 1. The van der Waals surface area contributed by atoms with Gasteiger partial charge in [-0.15, -0.1) is 0 Å². The molecule has 1 aromatic carbocycles. The first-order chi connectivity index (χ1) is 11.7. The Kier molecular flexibility index (Phi) is 3.98. The van der Waals surface area contributed by atoms with E-state index < -0.39 is 0 Å². The lowest BCUT2D eigenvalue weighted by Gasteiger charge is -2.30. The average Bonchev–Trinajstić information content (AvgIpc) is 2.98. The minimum absolute atomic E-state index is 0.135. The van der Waals surface area contributed by atoms with Crippen molar-refractivity contribution in [2.75, 3.05) is 18.0 Å². The fraction of sp³-hybridized carbons (Fsp3) is 0.353. The molecule has 0 atom stereocenters. The molecule has 1 aliphatic rings. The van der Waals surface area contributed by atoms with Crippen molar-refractivity contribution >= 4 is 28.7 Å². The second-order valence-corrected chi connectivity index (χ2v) is 6.35. The van der Waals surface area contributed by atoms with E-state index in [-0.39, 0.29) is 6.10 Å². The molecule has 4 rings (SSSR count). The zero-order chi connectivity index (χ0) is 16.5. The van der Waals surface area contributed by atoms with Crippen LogP contribution in [0.3, 0.4) is 0 Å². The van der Waals surface area contributed by atoms with Crippen molar-refractivity contribution < 1.29 is 9.15 Å². The monoisotopic (exact) mass is 344 g/mol. The molecule has 24 heavy (non-hydrogen) atoms. The Hall–Kier alpha value is -2.34. The molecule has 0 saturated carbocycles. The predicted octanol–water partition coefficient (Wildman–Crippen LogP) is 3.63. The van der Waals surface area contributed by atoms with Crippen LogP contribution in [-0.2, 0) is 0 Å². The number of nitrogens with zero attached hydrogens (tertiary/aromatic N) is 4. The first-order valence-electron chi connectivity index (χ1n) is 7.94. The summed E-state index contributed by atoms with van der Waals surface area (Å²) in [4.78, 5) is 15.1. The Morgan fingerprint density at radius 3 is 2.83 bits per heavy atom. The topological polar surface area (TPSA) is 64.3 Å². The summed E-state index contributed by atoms with van der Waals surface area (Å²) in [5, 5.41) is 0.650. The molecule has 0 amide bonds. The van der Waals surface area contributed by atoms with E-state index in [0.717, 1.165) is 37.1 Å². The van der Waals surface area contributed by atoms with Gasteiger partial charge in [0.1, 0.15) is 11.6 Å². The molecule has 3 heterocycles. The second kappa shape index (κ2) is 6.28. The minimum Gasteiger partial charge on any atom is -0.473 e. The largest absolute Gasteiger partial charge is 0.473 e. The molecule has 0 aliphatic carbocycles. The first kappa shape index (κ1) is 15.2. The Balaban J connectivity index is 1.41. The van der Waals surface area contributed by atoms with Crippen molar-refractivity contribution in [1.82, 2.24) is 15.0 Å². The van der Waals surface area contributed by atoms with E-state index in [9.17, 15) is 0 Å². The maximum Gasteiger partial charge on any atom is 0.298 e. The highest BCUT2D eigenvalue weighted by Gasteiger charge is 2.24. The van der Waals surface area contributed by atoms with Crippen molar-refractivity contribution in [3.8, 4) is 5.88 Å². The lowest BCUT2D eigenvalue weighted by atomic mass is 10.1. The first-order valence-corrected chi connectivity index (χ1v) is 8.31. The van der Waals surface area contributed by atoms with E-state index in [2.05, 4.69) is 19.9 Å². The molecule has 1 aliphatic heterocycles. The molecular weight excluding hydrogens is 328 g/mol. The summed E-state index contributed by atoms with van der Waals surface area (Å²) in [6, 6.07) is 6.12. The molecule has 0 bridgehead atoms. The maximum absolute atomic E-state index is 5.99. The van der Waals surface area contributed by atoms with Gasteiger partial charge in [-0.25, -0.2) is 4.98 Å². The predicted molar refractivity (Wildman–Crippen MR) is 91.7 cm³/mol. The number of anilines is 1. The van der Waals surface area contributed by atoms with Gasteiger partial charge in [0, 0.05) is 43.2 Å². The Bertz CT molecular complexity index is 859. The van der Waals surface area contributed by atoms with Gasteiger partial charge in [-0.05, 0) is 19.1 Å². The van der Waals surface area contributed by atoms with Gasteiger partial charge in [0.2, 0.25) is 5.88 Å². The summed E-state index contributed by atoms with van der Waals surface area (Å²) in [6.45, 7) is 3.55. The standard InChI is InChI=1S/C17H17ClN4O2/c1-11-9-19-10-16(20-11)23-13-4-6-22(7-5-13)17-21-14-3-2-12(18)8-15(14)24-17/h2-3,8-10,13H,4-7H2,1H3. The number of oxazole rings is 1. The highest BCUT2D eigenvalue weighted by molar-refractivity contribution is 6.31. The molecule has 6 nitrogen and oxygen atoms in total. The van der Waals surface area contributed by atoms with Crippen molar-refractivity contribution in [3.63, 3.8) is 0 Å². The van der Waals surface area contributed by atoms with Crippen molar-refractivity contribution in [2.24, 2.45) is 0 Å². The van der Waals surface area contributed by atoms with Crippen molar-refractivity contribution in [3.05, 3.63) is 41.3 Å². The fourth-order valence-electron chi connectivity index (χ4n) is 2.85. The molecule has 7 heteroatoms. The third kappa shape index (κ3) is 3.14.